The van der Waals surface area contributed by atoms with E-state index in [4.69, 9.17) is 16.7 Å². The molecule has 0 aromatic heterocycles. The number of benzene rings is 1. The molecule has 132 valence electrons. The predicted molar refractivity (Wildman–Crippen MR) is 94.7 cm³/mol. The molecule has 0 heterocycles. The molecule has 2 rings (SSSR count). The Morgan fingerprint density at radius 2 is 2.04 bits per heavy atom. The minimum absolute atomic E-state index is 0.0497. The monoisotopic (exact) mass is 352 g/mol. The first-order valence-electron chi connectivity index (χ1n) is 8.38. The molecule has 5 nitrogen and oxygen atoms in total. The molecule has 0 saturated heterocycles. The van der Waals surface area contributed by atoms with Gasteiger partial charge in [0.15, 0.2) is 0 Å². The highest BCUT2D eigenvalue weighted by atomic mass is 35.5. The van der Waals surface area contributed by atoms with Crippen LogP contribution in [0.1, 0.15) is 55.5 Å². The number of carboxylic acids is 1. The molecule has 0 radical (unpaired) electrons. The summed E-state index contributed by atoms with van der Waals surface area (Å²) >= 11 is 6.24. The number of carbonyl (C=O) groups is 2. The molecule has 1 saturated carbocycles. The lowest BCUT2D eigenvalue weighted by molar-refractivity contribution is -0.139. The first kappa shape index (κ1) is 18.7. The second-order valence-electron chi connectivity index (χ2n) is 6.64. The van der Waals surface area contributed by atoms with Gasteiger partial charge in [-0.3, -0.25) is 14.5 Å². The Balaban J connectivity index is 1.88. The van der Waals surface area contributed by atoms with E-state index in [0.29, 0.717) is 23.0 Å². The van der Waals surface area contributed by atoms with Gasteiger partial charge < -0.3 is 10.4 Å². The van der Waals surface area contributed by atoms with E-state index in [-0.39, 0.29) is 24.5 Å². The van der Waals surface area contributed by atoms with Crippen LogP contribution in [0.3, 0.4) is 0 Å². The number of likely N-dealkylation sites (N-methyl/N-ethyl adjacent to an activating group) is 1. The van der Waals surface area contributed by atoms with Crippen molar-refractivity contribution in [3.63, 3.8) is 0 Å². The van der Waals surface area contributed by atoms with Gasteiger partial charge in [0.1, 0.15) is 0 Å². The number of carbonyl (C=O) groups excluding carboxylic acids is 1. The van der Waals surface area contributed by atoms with E-state index >= 15 is 0 Å². The number of rotatable bonds is 7. The molecule has 24 heavy (non-hydrogen) atoms. The molecule has 6 heteroatoms. The van der Waals surface area contributed by atoms with E-state index in [1.165, 1.54) is 0 Å². The lowest BCUT2D eigenvalue weighted by Gasteiger charge is -2.42. The third-order valence-electron chi connectivity index (χ3n) is 4.59. The van der Waals surface area contributed by atoms with Crippen LogP contribution in [0, 0.1) is 0 Å². The van der Waals surface area contributed by atoms with Crippen LogP contribution in [0.15, 0.2) is 18.2 Å². The zero-order chi connectivity index (χ0) is 17.9. The van der Waals surface area contributed by atoms with Crippen molar-refractivity contribution in [2.45, 2.75) is 51.6 Å². The van der Waals surface area contributed by atoms with Crippen LogP contribution in [-0.2, 0) is 4.79 Å². The van der Waals surface area contributed by atoms with Crippen LogP contribution in [0.2, 0.25) is 5.02 Å². The number of hydrogen-bond acceptors (Lipinski definition) is 3. The average molecular weight is 353 g/mol. The van der Waals surface area contributed by atoms with E-state index in [1.54, 1.807) is 12.1 Å². The van der Waals surface area contributed by atoms with Crippen LogP contribution in [0.5, 0.6) is 0 Å². The molecule has 1 amide bonds. The topological polar surface area (TPSA) is 69.6 Å². The fraction of sp³-hybridized carbons (Fsp3) is 0.556. The van der Waals surface area contributed by atoms with Crippen LogP contribution >= 0.6 is 11.6 Å². The lowest BCUT2D eigenvalue weighted by Crippen LogP contribution is -2.54. The van der Waals surface area contributed by atoms with Crippen LogP contribution < -0.4 is 5.32 Å². The summed E-state index contributed by atoms with van der Waals surface area (Å²) in [6, 6.07) is 5.73. The van der Waals surface area contributed by atoms with Gasteiger partial charge in [-0.15, -0.1) is 0 Å². The maximum absolute atomic E-state index is 12.3. The van der Waals surface area contributed by atoms with E-state index < -0.39 is 5.97 Å². The van der Waals surface area contributed by atoms with Gasteiger partial charge in [-0.05, 0) is 43.0 Å². The van der Waals surface area contributed by atoms with Gasteiger partial charge >= 0.3 is 5.97 Å². The molecule has 1 aliphatic carbocycles. The van der Waals surface area contributed by atoms with Gasteiger partial charge in [-0.1, -0.05) is 38.4 Å². The molecule has 0 aliphatic heterocycles. The second kappa shape index (κ2) is 7.99. The largest absolute Gasteiger partial charge is 0.480 e. The number of aliphatic carboxylic acids is 1. The van der Waals surface area contributed by atoms with Gasteiger partial charge in [-0.2, -0.15) is 0 Å². The van der Waals surface area contributed by atoms with Crippen molar-refractivity contribution >= 4 is 23.5 Å². The van der Waals surface area contributed by atoms with Crippen molar-refractivity contribution in [1.82, 2.24) is 10.2 Å². The Morgan fingerprint density at radius 1 is 1.38 bits per heavy atom. The SMILES string of the molecule is CCN(CC(=O)O)C1CC(NC(=O)c2ccc(C(C)C)c(Cl)c2)C1. The van der Waals surface area contributed by atoms with Crippen molar-refractivity contribution in [3.05, 3.63) is 34.3 Å². The third kappa shape index (κ3) is 4.48. The Hall–Kier alpha value is -1.59. The quantitative estimate of drug-likeness (QED) is 0.791. The highest BCUT2D eigenvalue weighted by molar-refractivity contribution is 6.31. The highest BCUT2D eigenvalue weighted by Gasteiger charge is 2.34. The Bertz CT molecular complexity index is 612. The third-order valence-corrected chi connectivity index (χ3v) is 4.92. The molecule has 2 N–H and O–H groups in total. The number of carboxylic acid groups (broad SMARTS) is 1. The van der Waals surface area contributed by atoms with E-state index in [2.05, 4.69) is 19.2 Å². The van der Waals surface area contributed by atoms with E-state index in [9.17, 15) is 9.59 Å². The number of halogens is 1. The maximum atomic E-state index is 12.3. The molecule has 0 spiro atoms. The summed E-state index contributed by atoms with van der Waals surface area (Å²) in [6.07, 6.45) is 1.56. The molecular formula is C18H25ClN2O3. The normalized spacial score (nSPS) is 20.1. The van der Waals surface area contributed by atoms with Crippen LogP contribution in [0.4, 0.5) is 0 Å². The number of nitrogens with zero attached hydrogens (tertiary/aromatic N) is 1. The second-order valence-corrected chi connectivity index (χ2v) is 7.05. The smallest absolute Gasteiger partial charge is 0.317 e. The molecule has 0 unspecified atom stereocenters. The molecule has 0 bridgehead atoms. The molecule has 1 aliphatic rings. The van der Waals surface area contributed by atoms with Gasteiger partial charge in [0.05, 0.1) is 6.54 Å². The fourth-order valence-electron chi connectivity index (χ4n) is 3.08. The molecule has 1 aromatic rings. The van der Waals surface area contributed by atoms with Crippen molar-refractivity contribution in [2.24, 2.45) is 0 Å². The minimum Gasteiger partial charge on any atom is -0.480 e. The molecule has 1 aromatic carbocycles. The summed E-state index contributed by atoms with van der Waals surface area (Å²) in [7, 11) is 0. The molecular weight excluding hydrogens is 328 g/mol. The van der Waals surface area contributed by atoms with Crippen LogP contribution in [0.25, 0.3) is 0 Å². The van der Waals surface area contributed by atoms with E-state index in [0.717, 1.165) is 18.4 Å². The lowest BCUT2D eigenvalue weighted by atomic mass is 9.85. The molecule has 0 atom stereocenters. The Labute approximate surface area is 148 Å². The number of hydrogen-bond donors (Lipinski definition) is 2. The molecule has 1 fully saturated rings. The zero-order valence-electron chi connectivity index (χ0n) is 14.4. The van der Waals surface area contributed by atoms with E-state index in [1.807, 2.05) is 17.9 Å². The summed E-state index contributed by atoms with van der Waals surface area (Å²) in [5.41, 5.74) is 1.59. The summed E-state index contributed by atoms with van der Waals surface area (Å²) in [5.74, 6) is -0.627. The summed E-state index contributed by atoms with van der Waals surface area (Å²) < 4.78 is 0. The Morgan fingerprint density at radius 3 is 2.54 bits per heavy atom. The van der Waals surface area contributed by atoms with Crippen molar-refractivity contribution in [2.75, 3.05) is 13.1 Å². The zero-order valence-corrected chi connectivity index (χ0v) is 15.1. The maximum Gasteiger partial charge on any atom is 0.317 e. The number of nitrogens with one attached hydrogen (secondary N) is 1. The first-order valence-corrected chi connectivity index (χ1v) is 8.75. The van der Waals surface area contributed by atoms with Crippen molar-refractivity contribution in [3.8, 4) is 0 Å². The first-order chi connectivity index (χ1) is 11.3. The average Bonchev–Trinajstić information content (AvgIpc) is 2.47. The fourth-order valence-corrected chi connectivity index (χ4v) is 3.48. The summed E-state index contributed by atoms with van der Waals surface area (Å²) in [4.78, 5) is 25.1. The van der Waals surface area contributed by atoms with Crippen molar-refractivity contribution in [1.29, 1.82) is 0 Å². The van der Waals surface area contributed by atoms with Gasteiger partial charge in [0.2, 0.25) is 0 Å². The van der Waals surface area contributed by atoms with Gasteiger partial charge in [0, 0.05) is 22.7 Å². The van der Waals surface area contributed by atoms with Crippen molar-refractivity contribution < 1.29 is 14.7 Å². The number of amides is 1. The van der Waals surface area contributed by atoms with Gasteiger partial charge in [0.25, 0.3) is 5.91 Å². The predicted octanol–water partition coefficient (Wildman–Crippen LogP) is 3.13. The highest BCUT2D eigenvalue weighted by Crippen LogP contribution is 2.27. The summed E-state index contributed by atoms with van der Waals surface area (Å²) in [6.45, 7) is 6.82. The van der Waals surface area contributed by atoms with Crippen LogP contribution in [-0.4, -0.2) is 47.1 Å². The summed E-state index contributed by atoms with van der Waals surface area (Å²) in [5, 5.41) is 12.5. The van der Waals surface area contributed by atoms with Gasteiger partial charge in [-0.25, -0.2) is 0 Å². The Kier molecular flexibility index (Phi) is 6.24. The minimum atomic E-state index is -0.816. The standard InChI is InChI=1S/C18H25ClN2O3/c1-4-21(10-17(22)23)14-8-13(9-14)20-18(24)12-5-6-15(11(2)3)16(19)7-12/h5-7,11,13-14H,4,8-10H2,1-3H3,(H,20,24)(H,22,23).